The van der Waals surface area contributed by atoms with E-state index >= 15 is 0 Å². The van der Waals surface area contributed by atoms with Gasteiger partial charge in [0.15, 0.2) is 0 Å². The number of benzene rings is 2. The third-order valence-electron chi connectivity index (χ3n) is 3.04. The second-order valence-corrected chi connectivity index (χ2v) is 4.83. The molecule has 0 amide bonds. The van der Waals surface area contributed by atoms with Crippen molar-refractivity contribution in [3.8, 4) is 5.75 Å². The van der Waals surface area contributed by atoms with Crippen LogP contribution in [0.15, 0.2) is 48.6 Å². The Balaban J connectivity index is 2.45. The van der Waals surface area contributed by atoms with Crippen LogP contribution in [0.4, 0.5) is 12.9 Å². The van der Waals surface area contributed by atoms with Crippen molar-refractivity contribution >= 4 is 23.2 Å². The van der Waals surface area contributed by atoms with Crippen LogP contribution in [0, 0.1) is 0 Å². The minimum absolute atomic E-state index is 0.0996. The van der Waals surface area contributed by atoms with Gasteiger partial charge in [-0.15, -0.1) is 6.58 Å². The molecule has 0 atom stereocenters. The summed E-state index contributed by atoms with van der Waals surface area (Å²) in [6.45, 7) is 0.598. The number of hydrogen-bond acceptors (Lipinski definition) is 1. The van der Waals surface area contributed by atoms with Gasteiger partial charge in [-0.2, -0.15) is 0 Å². The average Bonchev–Trinajstić information content (AvgIpc) is 2.36. The second kappa shape index (κ2) is 5.61. The fraction of sp³-hybridized carbons (Fsp3) is 0.200. The van der Waals surface area contributed by atoms with E-state index in [-0.39, 0.29) is 17.7 Å². The lowest BCUT2D eigenvalue weighted by molar-refractivity contribution is 0.323. The number of halogens is 3. The van der Waals surface area contributed by atoms with Gasteiger partial charge < -0.3 is 17.7 Å². The van der Waals surface area contributed by atoms with Crippen molar-refractivity contribution in [2.75, 3.05) is 6.61 Å². The highest BCUT2D eigenvalue weighted by Gasteiger charge is 2.31. The maximum Gasteiger partial charge on any atom is 0.513 e. The molecule has 0 aliphatic carbocycles. The first-order valence-electron chi connectivity index (χ1n) is 6.38. The highest BCUT2D eigenvalue weighted by molar-refractivity contribution is 6.76. The van der Waals surface area contributed by atoms with Crippen molar-refractivity contribution in [1.82, 2.24) is 0 Å². The number of fused-ring (bicyclic) bond motifs is 1. The summed E-state index contributed by atoms with van der Waals surface area (Å²) in [6, 6.07) is 9.51. The van der Waals surface area contributed by atoms with Crippen LogP contribution in [0.5, 0.6) is 5.75 Å². The van der Waals surface area contributed by atoms with E-state index in [0.717, 1.165) is 5.57 Å². The zero-order valence-corrected chi connectivity index (χ0v) is 11.2. The molecule has 2 aromatic carbocycles. The fourth-order valence-corrected chi connectivity index (χ4v) is 2.07. The summed E-state index contributed by atoms with van der Waals surface area (Å²) in [4.78, 5) is 0. The van der Waals surface area contributed by atoms with Gasteiger partial charge >= 0.3 is 6.98 Å². The first-order valence-corrected chi connectivity index (χ1v) is 6.38. The smallest absolute Gasteiger partial charge is 0.496 e. The number of ether oxygens (including phenoxy) is 1. The zero-order chi connectivity index (χ0) is 14.8. The van der Waals surface area contributed by atoms with Gasteiger partial charge in [0, 0.05) is 6.42 Å². The number of rotatable bonds is 5. The van der Waals surface area contributed by atoms with Crippen LogP contribution in [0.2, 0.25) is 0 Å². The topological polar surface area (TPSA) is 9.23 Å². The van der Waals surface area contributed by atoms with Crippen LogP contribution >= 0.6 is 0 Å². The lowest BCUT2D eigenvalue weighted by atomic mass is 9.76. The first-order chi connectivity index (χ1) is 9.39. The van der Waals surface area contributed by atoms with E-state index in [4.69, 9.17) is 4.74 Å². The maximum absolute atomic E-state index is 13.3. The predicted molar refractivity (Wildman–Crippen MR) is 77.6 cm³/mol. The Morgan fingerprint density at radius 1 is 1.15 bits per heavy atom. The van der Waals surface area contributed by atoms with Crippen molar-refractivity contribution in [3.63, 3.8) is 0 Å². The van der Waals surface area contributed by atoms with E-state index in [0.29, 0.717) is 11.8 Å². The predicted octanol–water partition coefficient (Wildman–Crippen LogP) is 4.24. The van der Waals surface area contributed by atoms with E-state index < -0.39 is 12.4 Å². The van der Waals surface area contributed by atoms with E-state index in [1.165, 1.54) is 12.1 Å². The van der Waals surface area contributed by atoms with Crippen LogP contribution in [-0.2, 0) is 0 Å². The summed E-state index contributed by atoms with van der Waals surface area (Å²) in [7, 11) is 0. The molecule has 0 aromatic heterocycles. The van der Waals surface area contributed by atoms with Gasteiger partial charge in [0.05, 0.1) is 12.4 Å². The zero-order valence-electron chi connectivity index (χ0n) is 11.2. The molecular formula is C15H15BF3O-. The minimum Gasteiger partial charge on any atom is -0.496 e. The molecule has 0 spiro atoms. The summed E-state index contributed by atoms with van der Waals surface area (Å²) in [5.74, 6) is -0.0996. The van der Waals surface area contributed by atoms with Crippen LogP contribution in [0.25, 0.3) is 10.8 Å². The summed E-state index contributed by atoms with van der Waals surface area (Å²) in [6.07, 6.45) is 0.539. The van der Waals surface area contributed by atoms with Crippen molar-refractivity contribution < 1.29 is 17.7 Å². The van der Waals surface area contributed by atoms with Crippen LogP contribution in [0.3, 0.4) is 0 Å². The molecule has 20 heavy (non-hydrogen) atoms. The first kappa shape index (κ1) is 14.5. The molecule has 0 saturated carbocycles. The van der Waals surface area contributed by atoms with Gasteiger partial charge in [0.1, 0.15) is 0 Å². The molecular weight excluding hydrogens is 264 g/mol. The molecule has 106 valence electrons. The summed E-state index contributed by atoms with van der Waals surface area (Å²) in [5.41, 5.74) is 0.231. The fourth-order valence-electron chi connectivity index (χ4n) is 2.07. The molecule has 0 heterocycles. The lowest BCUT2D eigenvalue weighted by Gasteiger charge is -2.22. The molecule has 0 unspecified atom stereocenters. The van der Waals surface area contributed by atoms with Crippen molar-refractivity contribution in [2.45, 2.75) is 13.3 Å². The Morgan fingerprint density at radius 3 is 2.50 bits per heavy atom. The quantitative estimate of drug-likeness (QED) is 0.587. The Bertz CT molecular complexity index is 635. The van der Waals surface area contributed by atoms with E-state index in [2.05, 4.69) is 6.58 Å². The summed E-state index contributed by atoms with van der Waals surface area (Å²) in [5, 5.41) is 0.752. The van der Waals surface area contributed by atoms with E-state index in [1.54, 1.807) is 24.3 Å². The van der Waals surface area contributed by atoms with Gasteiger partial charge in [-0.05, 0) is 23.8 Å². The standard InChI is InChI=1S/C15H15BF3O/c1-11(2)9-10-20-14-8-7-12-5-3-4-6-13(12)15(14)16(17,18)19/h3-8H,1,9-10H2,2H3/q-1. The highest BCUT2D eigenvalue weighted by Crippen LogP contribution is 2.25. The lowest BCUT2D eigenvalue weighted by Crippen LogP contribution is -2.36. The van der Waals surface area contributed by atoms with Gasteiger partial charge in [-0.25, -0.2) is 0 Å². The average molecular weight is 279 g/mol. The van der Waals surface area contributed by atoms with Crippen LogP contribution < -0.4 is 10.2 Å². The molecule has 1 nitrogen and oxygen atoms in total. The minimum atomic E-state index is -5.13. The molecule has 5 heteroatoms. The molecule has 0 bridgehead atoms. The van der Waals surface area contributed by atoms with Crippen LogP contribution in [-0.4, -0.2) is 13.6 Å². The van der Waals surface area contributed by atoms with Crippen LogP contribution in [0.1, 0.15) is 13.3 Å². The molecule has 2 aromatic rings. The van der Waals surface area contributed by atoms with Gasteiger partial charge in [0.25, 0.3) is 0 Å². The monoisotopic (exact) mass is 279 g/mol. The summed E-state index contributed by atoms with van der Waals surface area (Å²) < 4.78 is 45.3. The molecule has 0 radical (unpaired) electrons. The Hall–Kier alpha value is -1.91. The highest BCUT2D eigenvalue weighted by atomic mass is 19.4. The van der Waals surface area contributed by atoms with Crippen molar-refractivity contribution in [3.05, 3.63) is 48.6 Å². The largest absolute Gasteiger partial charge is 0.513 e. The molecule has 0 aliphatic heterocycles. The van der Waals surface area contributed by atoms with Gasteiger partial charge in [-0.3, -0.25) is 0 Å². The Morgan fingerprint density at radius 2 is 1.85 bits per heavy atom. The molecule has 0 fully saturated rings. The molecule has 0 N–H and O–H groups in total. The number of hydrogen-bond donors (Lipinski definition) is 0. The SMILES string of the molecule is C=C(C)CCOc1ccc2ccccc2c1[B-](F)(F)F. The normalized spacial score (nSPS) is 11.6. The van der Waals surface area contributed by atoms with E-state index in [1.807, 2.05) is 6.92 Å². The van der Waals surface area contributed by atoms with Gasteiger partial charge in [0.2, 0.25) is 0 Å². The van der Waals surface area contributed by atoms with E-state index in [9.17, 15) is 12.9 Å². The molecule has 2 rings (SSSR count). The Labute approximate surface area is 116 Å². The van der Waals surface area contributed by atoms with Gasteiger partial charge in [-0.1, -0.05) is 41.4 Å². The molecule has 0 aliphatic rings. The second-order valence-electron chi connectivity index (χ2n) is 4.83. The molecule has 0 saturated heterocycles. The third kappa shape index (κ3) is 3.15. The Kier molecular flexibility index (Phi) is 4.07. The summed E-state index contributed by atoms with van der Waals surface area (Å²) >= 11 is 0. The third-order valence-corrected chi connectivity index (χ3v) is 3.04. The van der Waals surface area contributed by atoms with Crippen molar-refractivity contribution in [1.29, 1.82) is 0 Å². The van der Waals surface area contributed by atoms with Crippen molar-refractivity contribution in [2.24, 2.45) is 0 Å². The maximum atomic E-state index is 13.3.